The van der Waals surface area contributed by atoms with E-state index in [0.29, 0.717) is 5.41 Å². The predicted molar refractivity (Wildman–Crippen MR) is 49.1 cm³/mol. The van der Waals surface area contributed by atoms with E-state index >= 15 is 0 Å². The molecule has 0 aliphatic carbocycles. The van der Waals surface area contributed by atoms with Crippen molar-refractivity contribution in [1.82, 2.24) is 4.90 Å². The Kier molecular flexibility index (Phi) is 2.13. The fourth-order valence-corrected chi connectivity index (χ4v) is 2.61. The molecule has 2 aliphatic rings. The summed E-state index contributed by atoms with van der Waals surface area (Å²) in [5, 5.41) is 0. The molecule has 2 heterocycles. The first-order valence-corrected chi connectivity index (χ1v) is 4.97. The highest BCUT2D eigenvalue weighted by molar-refractivity contribution is 4.90. The van der Waals surface area contributed by atoms with Crippen molar-refractivity contribution in [3.8, 4) is 0 Å². The van der Waals surface area contributed by atoms with E-state index in [1.165, 1.54) is 25.9 Å². The minimum absolute atomic E-state index is 0.574. The van der Waals surface area contributed by atoms with E-state index in [1.54, 1.807) is 0 Å². The maximum Gasteiger partial charge on any atom is 0.0545 e. The zero-order valence-electron chi connectivity index (χ0n) is 8.18. The van der Waals surface area contributed by atoms with Gasteiger partial charge in [-0.25, -0.2) is 0 Å². The number of hydrogen-bond acceptors (Lipinski definition) is 2. The summed E-state index contributed by atoms with van der Waals surface area (Å²) in [7, 11) is 2.23. The molecule has 2 saturated heterocycles. The topological polar surface area (TPSA) is 12.5 Å². The Hall–Kier alpha value is -0.0800. The van der Waals surface area contributed by atoms with Crippen LogP contribution in [0.2, 0.25) is 0 Å². The van der Waals surface area contributed by atoms with Gasteiger partial charge in [-0.2, -0.15) is 0 Å². The van der Waals surface area contributed by atoms with Crippen molar-refractivity contribution in [1.29, 1.82) is 0 Å². The van der Waals surface area contributed by atoms with Gasteiger partial charge >= 0.3 is 0 Å². The third-order valence-corrected chi connectivity index (χ3v) is 3.25. The lowest BCUT2D eigenvalue weighted by atomic mass is 9.76. The number of likely N-dealkylation sites (tertiary alicyclic amines) is 1. The molecule has 1 atom stereocenters. The van der Waals surface area contributed by atoms with Crippen molar-refractivity contribution < 1.29 is 4.74 Å². The van der Waals surface area contributed by atoms with E-state index in [-0.39, 0.29) is 0 Å². The molecule has 1 unspecified atom stereocenters. The lowest BCUT2D eigenvalue weighted by molar-refractivity contribution is -0.123. The lowest BCUT2D eigenvalue weighted by Gasteiger charge is -2.41. The van der Waals surface area contributed by atoms with Gasteiger partial charge in [0.25, 0.3) is 0 Å². The normalized spacial score (nSPS) is 36.0. The van der Waals surface area contributed by atoms with Crippen LogP contribution in [0.5, 0.6) is 0 Å². The molecule has 0 aromatic heterocycles. The molecule has 0 N–H and O–H groups in total. The fourth-order valence-electron chi connectivity index (χ4n) is 2.61. The van der Waals surface area contributed by atoms with Crippen molar-refractivity contribution in [2.75, 3.05) is 33.4 Å². The Bertz CT molecular complexity index is 165. The van der Waals surface area contributed by atoms with Gasteiger partial charge in [0.2, 0.25) is 0 Å². The van der Waals surface area contributed by atoms with E-state index in [9.17, 15) is 0 Å². The molecule has 2 rings (SSSR count). The highest BCUT2D eigenvalue weighted by atomic mass is 16.5. The third kappa shape index (κ3) is 1.50. The summed E-state index contributed by atoms with van der Waals surface area (Å²) in [5.41, 5.74) is 0.574. The number of ether oxygens (including phenoxy) is 1. The summed E-state index contributed by atoms with van der Waals surface area (Å²) in [6.07, 6.45) is 2.71. The van der Waals surface area contributed by atoms with Crippen molar-refractivity contribution in [2.24, 2.45) is 11.3 Å². The lowest BCUT2D eigenvalue weighted by Crippen LogP contribution is -2.43. The van der Waals surface area contributed by atoms with Crippen molar-refractivity contribution in [3.05, 3.63) is 0 Å². The van der Waals surface area contributed by atoms with Gasteiger partial charge in [-0.05, 0) is 32.4 Å². The molecule has 0 saturated carbocycles. The third-order valence-electron chi connectivity index (χ3n) is 3.25. The Morgan fingerprint density at radius 3 is 2.75 bits per heavy atom. The first kappa shape index (κ1) is 8.52. The number of nitrogens with zero attached hydrogens (tertiary/aromatic N) is 1. The predicted octanol–water partition coefficient (Wildman–Crippen LogP) is 1.36. The average Bonchev–Trinajstić information content (AvgIpc) is 2.07. The van der Waals surface area contributed by atoms with E-state index in [0.717, 1.165) is 19.1 Å². The number of rotatable bonds is 0. The largest absolute Gasteiger partial charge is 0.380 e. The van der Waals surface area contributed by atoms with E-state index in [2.05, 4.69) is 18.9 Å². The molecule has 0 radical (unpaired) electrons. The monoisotopic (exact) mass is 169 g/mol. The summed E-state index contributed by atoms with van der Waals surface area (Å²) < 4.78 is 5.34. The van der Waals surface area contributed by atoms with Crippen LogP contribution in [0.1, 0.15) is 19.8 Å². The maximum absolute atomic E-state index is 5.34. The maximum atomic E-state index is 5.34. The van der Waals surface area contributed by atoms with Gasteiger partial charge in [-0.15, -0.1) is 0 Å². The molecule has 2 nitrogen and oxygen atoms in total. The molecule has 70 valence electrons. The molecule has 0 aromatic rings. The van der Waals surface area contributed by atoms with Gasteiger partial charge in [0, 0.05) is 12.0 Å². The Balaban J connectivity index is 1.99. The van der Waals surface area contributed by atoms with Crippen LogP contribution in [-0.4, -0.2) is 38.3 Å². The van der Waals surface area contributed by atoms with Gasteiger partial charge < -0.3 is 9.64 Å². The van der Waals surface area contributed by atoms with E-state index < -0.39 is 0 Å². The van der Waals surface area contributed by atoms with Crippen LogP contribution in [0.3, 0.4) is 0 Å². The molecule has 0 bridgehead atoms. The second-order valence-corrected chi connectivity index (χ2v) is 4.81. The van der Waals surface area contributed by atoms with Gasteiger partial charge in [0.15, 0.2) is 0 Å². The molecular weight excluding hydrogens is 150 g/mol. The molecule has 2 fully saturated rings. The van der Waals surface area contributed by atoms with Gasteiger partial charge in [0.05, 0.1) is 13.2 Å². The Labute approximate surface area is 74.9 Å². The SMILES string of the molecule is CC1CN(C)CCC2(COC2)C1. The molecule has 0 aromatic carbocycles. The highest BCUT2D eigenvalue weighted by Gasteiger charge is 2.40. The summed E-state index contributed by atoms with van der Waals surface area (Å²) >= 11 is 0. The number of hydrogen-bond donors (Lipinski definition) is 0. The zero-order valence-corrected chi connectivity index (χ0v) is 8.18. The fraction of sp³-hybridized carbons (Fsp3) is 1.00. The summed E-state index contributed by atoms with van der Waals surface area (Å²) in [4.78, 5) is 2.46. The van der Waals surface area contributed by atoms with Gasteiger partial charge in [-0.3, -0.25) is 0 Å². The summed E-state index contributed by atoms with van der Waals surface area (Å²) in [5.74, 6) is 0.849. The molecule has 2 heteroatoms. The second-order valence-electron chi connectivity index (χ2n) is 4.81. The van der Waals surface area contributed by atoms with Crippen LogP contribution < -0.4 is 0 Å². The minimum atomic E-state index is 0.574. The molecular formula is C10H19NO. The second kappa shape index (κ2) is 3.00. The van der Waals surface area contributed by atoms with Gasteiger partial charge in [-0.1, -0.05) is 6.92 Å². The summed E-state index contributed by atoms with van der Waals surface area (Å²) in [6.45, 7) is 6.92. The van der Waals surface area contributed by atoms with Crippen molar-refractivity contribution in [3.63, 3.8) is 0 Å². The standard InChI is InChI=1S/C10H19NO/c1-9-5-10(7-12-8-10)3-4-11(2)6-9/h9H,3-8H2,1-2H3. The molecule has 2 aliphatic heterocycles. The first-order valence-electron chi connectivity index (χ1n) is 4.97. The van der Waals surface area contributed by atoms with Crippen LogP contribution in [0.15, 0.2) is 0 Å². The minimum Gasteiger partial charge on any atom is -0.380 e. The van der Waals surface area contributed by atoms with Crippen LogP contribution in [0, 0.1) is 11.3 Å². The van der Waals surface area contributed by atoms with Crippen LogP contribution >= 0.6 is 0 Å². The quantitative estimate of drug-likeness (QED) is 0.543. The Morgan fingerprint density at radius 2 is 2.17 bits per heavy atom. The Morgan fingerprint density at radius 1 is 1.42 bits per heavy atom. The van der Waals surface area contributed by atoms with Crippen molar-refractivity contribution in [2.45, 2.75) is 19.8 Å². The van der Waals surface area contributed by atoms with Crippen LogP contribution in [0.25, 0.3) is 0 Å². The van der Waals surface area contributed by atoms with E-state index in [4.69, 9.17) is 4.74 Å². The van der Waals surface area contributed by atoms with E-state index in [1.807, 2.05) is 0 Å². The highest BCUT2D eigenvalue weighted by Crippen LogP contribution is 2.39. The first-order chi connectivity index (χ1) is 5.70. The van der Waals surface area contributed by atoms with Crippen LogP contribution in [0.4, 0.5) is 0 Å². The van der Waals surface area contributed by atoms with Crippen LogP contribution in [-0.2, 0) is 4.74 Å². The molecule has 1 spiro atoms. The molecule has 12 heavy (non-hydrogen) atoms. The van der Waals surface area contributed by atoms with Crippen molar-refractivity contribution >= 4 is 0 Å². The average molecular weight is 169 g/mol. The smallest absolute Gasteiger partial charge is 0.0545 e. The zero-order chi connectivity index (χ0) is 8.60. The molecule has 0 amide bonds. The van der Waals surface area contributed by atoms with Gasteiger partial charge in [0.1, 0.15) is 0 Å². The summed E-state index contributed by atoms with van der Waals surface area (Å²) in [6, 6.07) is 0.